The number of benzene rings is 1. The zero-order valence-electron chi connectivity index (χ0n) is 11.0. The van der Waals surface area contributed by atoms with Gasteiger partial charge in [0.05, 0.1) is 27.0 Å². The van der Waals surface area contributed by atoms with Gasteiger partial charge in [0, 0.05) is 4.47 Å². The lowest BCUT2D eigenvalue weighted by Gasteiger charge is -2.15. The van der Waals surface area contributed by atoms with Gasteiger partial charge in [-0.3, -0.25) is 0 Å². The summed E-state index contributed by atoms with van der Waals surface area (Å²) in [6.07, 6.45) is 2.84. The summed E-state index contributed by atoms with van der Waals surface area (Å²) in [5.41, 5.74) is -0.237. The highest BCUT2D eigenvalue weighted by molar-refractivity contribution is 9.11. The average molecular weight is 454 g/mol. The van der Waals surface area contributed by atoms with Crippen LogP contribution in [0.3, 0.4) is 0 Å². The summed E-state index contributed by atoms with van der Waals surface area (Å²) in [6.45, 7) is 4.59. The first-order chi connectivity index (χ1) is 8.85. The second kappa shape index (κ2) is 7.66. The standard InChI is InChI=1S/C14H16Br3NO/c1-14(2,9-18)5-3-4-6-19-13-11(16)7-10(15)8-12(13)17/h7-8H,3-6H2,1-2H3. The Bertz CT molecular complexity index is 457. The van der Waals surface area contributed by atoms with Crippen LogP contribution in [0, 0.1) is 16.7 Å². The molecule has 104 valence electrons. The van der Waals surface area contributed by atoms with Gasteiger partial charge in [-0.05, 0) is 77.1 Å². The van der Waals surface area contributed by atoms with Crippen molar-refractivity contribution in [1.29, 1.82) is 5.26 Å². The van der Waals surface area contributed by atoms with Crippen LogP contribution < -0.4 is 4.74 Å². The molecule has 2 nitrogen and oxygen atoms in total. The van der Waals surface area contributed by atoms with Gasteiger partial charge in [-0.2, -0.15) is 5.26 Å². The molecule has 0 radical (unpaired) electrons. The summed E-state index contributed by atoms with van der Waals surface area (Å²) in [4.78, 5) is 0. The zero-order chi connectivity index (χ0) is 14.5. The molecule has 0 N–H and O–H groups in total. The van der Waals surface area contributed by atoms with Gasteiger partial charge < -0.3 is 4.74 Å². The molecule has 0 unspecified atom stereocenters. The van der Waals surface area contributed by atoms with E-state index < -0.39 is 0 Å². The third-order valence-corrected chi connectivity index (χ3v) is 4.34. The smallest absolute Gasteiger partial charge is 0.147 e. The molecule has 1 aromatic carbocycles. The predicted octanol–water partition coefficient (Wildman–Crippen LogP) is 6.07. The van der Waals surface area contributed by atoms with Gasteiger partial charge in [-0.1, -0.05) is 15.9 Å². The van der Waals surface area contributed by atoms with Crippen LogP contribution in [0.25, 0.3) is 0 Å². The monoisotopic (exact) mass is 451 g/mol. The minimum Gasteiger partial charge on any atom is -0.491 e. The van der Waals surface area contributed by atoms with E-state index in [-0.39, 0.29) is 5.41 Å². The molecule has 0 saturated heterocycles. The van der Waals surface area contributed by atoms with E-state index in [0.717, 1.165) is 38.4 Å². The fraction of sp³-hybridized carbons (Fsp3) is 0.500. The van der Waals surface area contributed by atoms with Crippen molar-refractivity contribution in [3.63, 3.8) is 0 Å². The maximum atomic E-state index is 8.93. The molecule has 0 atom stereocenters. The number of hydrogen-bond donors (Lipinski definition) is 0. The molecule has 1 rings (SSSR count). The highest BCUT2D eigenvalue weighted by atomic mass is 79.9. The van der Waals surface area contributed by atoms with Crippen LogP contribution in [0.5, 0.6) is 5.75 Å². The number of nitrogens with zero attached hydrogens (tertiary/aromatic N) is 1. The summed E-state index contributed by atoms with van der Waals surface area (Å²) < 4.78 is 8.61. The fourth-order valence-corrected chi connectivity index (χ4v) is 4.05. The number of rotatable bonds is 6. The summed E-state index contributed by atoms with van der Waals surface area (Å²) in [7, 11) is 0. The molecule has 0 saturated carbocycles. The molecule has 0 fully saturated rings. The Balaban J connectivity index is 2.41. The van der Waals surface area contributed by atoms with Crippen molar-refractivity contribution < 1.29 is 4.74 Å². The van der Waals surface area contributed by atoms with Crippen molar-refractivity contribution >= 4 is 47.8 Å². The molecule has 0 bridgehead atoms. The molecular weight excluding hydrogens is 438 g/mol. The number of hydrogen-bond acceptors (Lipinski definition) is 2. The van der Waals surface area contributed by atoms with Crippen LogP contribution in [-0.2, 0) is 0 Å². The SMILES string of the molecule is CC(C)(C#N)CCCCOc1c(Br)cc(Br)cc1Br. The van der Waals surface area contributed by atoms with E-state index in [1.807, 2.05) is 26.0 Å². The normalized spacial score (nSPS) is 11.2. The number of halogens is 3. The highest BCUT2D eigenvalue weighted by Crippen LogP contribution is 2.36. The molecule has 19 heavy (non-hydrogen) atoms. The van der Waals surface area contributed by atoms with Gasteiger partial charge in [0.15, 0.2) is 0 Å². The van der Waals surface area contributed by atoms with Crippen molar-refractivity contribution in [2.45, 2.75) is 33.1 Å². The Morgan fingerprint density at radius 1 is 1.16 bits per heavy atom. The zero-order valence-corrected chi connectivity index (χ0v) is 15.7. The topological polar surface area (TPSA) is 33.0 Å². The molecule has 1 aromatic rings. The van der Waals surface area contributed by atoms with Crippen LogP contribution in [0.2, 0.25) is 0 Å². The Hall–Kier alpha value is -0.0500. The third kappa shape index (κ3) is 5.85. The second-order valence-electron chi connectivity index (χ2n) is 5.00. The van der Waals surface area contributed by atoms with Crippen LogP contribution in [0.4, 0.5) is 0 Å². The molecule has 0 aliphatic rings. The summed E-state index contributed by atoms with van der Waals surface area (Å²) >= 11 is 10.4. The van der Waals surface area contributed by atoms with Crippen molar-refractivity contribution in [3.8, 4) is 11.8 Å². The van der Waals surface area contributed by atoms with E-state index in [1.165, 1.54) is 0 Å². The molecule has 0 aliphatic heterocycles. The van der Waals surface area contributed by atoms with E-state index in [0.29, 0.717) is 6.61 Å². The minimum atomic E-state index is -0.237. The Kier molecular flexibility index (Phi) is 6.85. The van der Waals surface area contributed by atoms with E-state index in [2.05, 4.69) is 53.9 Å². The van der Waals surface area contributed by atoms with E-state index >= 15 is 0 Å². The van der Waals surface area contributed by atoms with Crippen LogP contribution >= 0.6 is 47.8 Å². The number of ether oxygens (including phenoxy) is 1. The lowest BCUT2D eigenvalue weighted by molar-refractivity contribution is 0.292. The van der Waals surface area contributed by atoms with Crippen LogP contribution in [0.15, 0.2) is 25.6 Å². The first-order valence-electron chi connectivity index (χ1n) is 6.04. The summed E-state index contributed by atoms with van der Waals surface area (Å²) in [6, 6.07) is 6.23. The molecular formula is C14H16Br3NO. The molecule has 0 amide bonds. The predicted molar refractivity (Wildman–Crippen MR) is 88.3 cm³/mol. The van der Waals surface area contributed by atoms with E-state index in [9.17, 15) is 0 Å². The highest BCUT2D eigenvalue weighted by Gasteiger charge is 2.15. The first-order valence-corrected chi connectivity index (χ1v) is 8.42. The van der Waals surface area contributed by atoms with Crippen LogP contribution in [-0.4, -0.2) is 6.61 Å². The third-order valence-electron chi connectivity index (χ3n) is 2.71. The fourth-order valence-electron chi connectivity index (χ4n) is 1.57. The van der Waals surface area contributed by atoms with Gasteiger partial charge in [0.1, 0.15) is 5.75 Å². The van der Waals surface area contributed by atoms with Crippen LogP contribution in [0.1, 0.15) is 33.1 Å². The van der Waals surface area contributed by atoms with Crippen molar-refractivity contribution in [2.75, 3.05) is 6.61 Å². The lowest BCUT2D eigenvalue weighted by atomic mass is 9.89. The lowest BCUT2D eigenvalue weighted by Crippen LogP contribution is -2.08. The van der Waals surface area contributed by atoms with E-state index in [4.69, 9.17) is 10.00 Å². The number of unbranched alkanes of at least 4 members (excludes halogenated alkanes) is 1. The van der Waals surface area contributed by atoms with Gasteiger partial charge >= 0.3 is 0 Å². The second-order valence-corrected chi connectivity index (χ2v) is 7.62. The largest absolute Gasteiger partial charge is 0.491 e. The Morgan fingerprint density at radius 3 is 2.26 bits per heavy atom. The maximum Gasteiger partial charge on any atom is 0.147 e. The van der Waals surface area contributed by atoms with Crippen molar-refractivity contribution in [1.82, 2.24) is 0 Å². The average Bonchev–Trinajstić information content (AvgIpc) is 2.31. The maximum absolute atomic E-state index is 8.93. The Labute approximate surface area is 139 Å². The minimum absolute atomic E-state index is 0.237. The molecule has 5 heteroatoms. The first kappa shape index (κ1) is 17.0. The molecule has 0 aliphatic carbocycles. The quantitative estimate of drug-likeness (QED) is 0.489. The van der Waals surface area contributed by atoms with Gasteiger partial charge in [0.2, 0.25) is 0 Å². The van der Waals surface area contributed by atoms with Gasteiger partial charge in [-0.25, -0.2) is 0 Å². The van der Waals surface area contributed by atoms with Gasteiger partial charge in [0.25, 0.3) is 0 Å². The summed E-state index contributed by atoms with van der Waals surface area (Å²) in [5, 5.41) is 8.93. The Morgan fingerprint density at radius 2 is 1.74 bits per heavy atom. The number of nitriles is 1. The molecule has 0 heterocycles. The summed E-state index contributed by atoms with van der Waals surface area (Å²) in [5.74, 6) is 0.822. The van der Waals surface area contributed by atoms with Gasteiger partial charge in [-0.15, -0.1) is 0 Å². The van der Waals surface area contributed by atoms with E-state index in [1.54, 1.807) is 0 Å². The van der Waals surface area contributed by atoms with Crippen molar-refractivity contribution in [2.24, 2.45) is 5.41 Å². The molecule has 0 aromatic heterocycles. The molecule has 0 spiro atoms. The van der Waals surface area contributed by atoms with Crippen molar-refractivity contribution in [3.05, 3.63) is 25.6 Å².